The van der Waals surface area contributed by atoms with E-state index in [4.69, 9.17) is 5.11 Å². The van der Waals surface area contributed by atoms with Crippen molar-refractivity contribution in [3.05, 3.63) is 30.1 Å². The van der Waals surface area contributed by atoms with Gasteiger partial charge in [-0.1, -0.05) is 6.07 Å². The minimum absolute atomic E-state index is 0.188. The molecule has 0 bridgehead atoms. The minimum Gasteiger partial charge on any atom is -0.481 e. The zero-order valence-corrected chi connectivity index (χ0v) is 12.4. The van der Waals surface area contributed by atoms with Gasteiger partial charge in [0.25, 0.3) is 0 Å². The highest BCUT2D eigenvalue weighted by atomic mass is 16.4. The van der Waals surface area contributed by atoms with Crippen molar-refractivity contribution >= 4 is 11.7 Å². The molecular weight excluding hydrogens is 282 g/mol. The van der Waals surface area contributed by atoms with Crippen LogP contribution in [0.2, 0.25) is 0 Å². The maximum Gasteiger partial charge on any atom is 0.306 e. The summed E-state index contributed by atoms with van der Waals surface area (Å²) in [5, 5.41) is 23.8. The van der Waals surface area contributed by atoms with Gasteiger partial charge in [-0.15, -0.1) is 5.10 Å². The van der Waals surface area contributed by atoms with Gasteiger partial charge in [-0.3, -0.25) is 4.79 Å². The average molecular weight is 301 g/mol. The normalized spacial score (nSPS) is 21.5. The number of nitrogens with zero attached hydrogens (tertiary/aromatic N) is 4. The zero-order chi connectivity index (χ0) is 15.5. The molecular formula is C15H19N5O2. The first-order chi connectivity index (χ1) is 10.6. The Hall–Kier alpha value is -2.44. The Morgan fingerprint density at radius 1 is 1.32 bits per heavy atom. The summed E-state index contributed by atoms with van der Waals surface area (Å²) in [5.74, 6) is -0.859. The Labute approximate surface area is 128 Å². The highest BCUT2D eigenvalue weighted by Crippen LogP contribution is 2.28. The molecule has 2 aromatic rings. The molecule has 0 saturated heterocycles. The molecule has 0 aliphatic heterocycles. The van der Waals surface area contributed by atoms with Gasteiger partial charge in [0.15, 0.2) is 0 Å². The van der Waals surface area contributed by atoms with E-state index in [0.29, 0.717) is 6.04 Å². The number of hydrogen-bond donors (Lipinski definition) is 2. The Morgan fingerprint density at radius 2 is 2.09 bits per heavy atom. The Morgan fingerprint density at radius 3 is 2.73 bits per heavy atom. The van der Waals surface area contributed by atoms with Crippen LogP contribution in [0.15, 0.2) is 24.5 Å². The summed E-state index contributed by atoms with van der Waals surface area (Å²) in [5.41, 5.74) is 3.10. The number of hydrogen-bond acceptors (Lipinski definition) is 5. The molecule has 22 heavy (non-hydrogen) atoms. The van der Waals surface area contributed by atoms with Gasteiger partial charge in [0.2, 0.25) is 0 Å². The number of carboxylic acid groups (broad SMARTS) is 1. The Bertz CT molecular complexity index is 648. The number of benzene rings is 1. The molecule has 1 heterocycles. The van der Waals surface area contributed by atoms with Crippen LogP contribution in [-0.2, 0) is 4.79 Å². The van der Waals surface area contributed by atoms with Crippen LogP contribution in [0.5, 0.6) is 0 Å². The Balaban J connectivity index is 1.70. The third-order valence-electron chi connectivity index (χ3n) is 4.27. The number of rotatable bonds is 4. The van der Waals surface area contributed by atoms with Gasteiger partial charge < -0.3 is 10.4 Å². The molecule has 7 nitrogen and oxygen atoms in total. The van der Waals surface area contributed by atoms with Gasteiger partial charge in [-0.25, -0.2) is 4.68 Å². The van der Waals surface area contributed by atoms with Crippen molar-refractivity contribution in [2.45, 2.75) is 38.6 Å². The Kier molecular flexibility index (Phi) is 4.04. The third kappa shape index (κ3) is 3.08. The summed E-state index contributed by atoms with van der Waals surface area (Å²) in [4.78, 5) is 11.0. The fraction of sp³-hybridized carbons (Fsp3) is 0.467. The van der Waals surface area contributed by atoms with Crippen molar-refractivity contribution in [2.24, 2.45) is 5.92 Å². The quantitative estimate of drug-likeness (QED) is 0.897. The van der Waals surface area contributed by atoms with Crippen LogP contribution in [0, 0.1) is 12.8 Å². The number of carbonyl (C=O) groups is 1. The van der Waals surface area contributed by atoms with Crippen molar-refractivity contribution < 1.29 is 9.90 Å². The van der Waals surface area contributed by atoms with E-state index in [9.17, 15) is 4.79 Å². The summed E-state index contributed by atoms with van der Waals surface area (Å²) >= 11 is 0. The number of anilines is 1. The average Bonchev–Trinajstić information content (AvgIpc) is 3.04. The summed E-state index contributed by atoms with van der Waals surface area (Å²) in [7, 11) is 0. The van der Waals surface area contributed by atoms with E-state index in [2.05, 4.69) is 27.8 Å². The van der Waals surface area contributed by atoms with E-state index in [1.165, 1.54) is 0 Å². The van der Waals surface area contributed by atoms with Crippen molar-refractivity contribution in [1.82, 2.24) is 20.2 Å². The predicted molar refractivity (Wildman–Crippen MR) is 80.9 cm³/mol. The van der Waals surface area contributed by atoms with Gasteiger partial charge in [-0.2, -0.15) is 0 Å². The second kappa shape index (κ2) is 6.13. The smallest absolute Gasteiger partial charge is 0.306 e. The van der Waals surface area contributed by atoms with Crippen LogP contribution < -0.4 is 5.32 Å². The fourth-order valence-electron chi connectivity index (χ4n) is 2.89. The van der Waals surface area contributed by atoms with Crippen LogP contribution in [0.4, 0.5) is 5.69 Å². The van der Waals surface area contributed by atoms with E-state index >= 15 is 0 Å². The highest BCUT2D eigenvalue weighted by Gasteiger charge is 2.26. The molecule has 7 heteroatoms. The van der Waals surface area contributed by atoms with Crippen molar-refractivity contribution in [1.29, 1.82) is 0 Å². The molecule has 1 aromatic heterocycles. The lowest BCUT2D eigenvalue weighted by atomic mass is 9.86. The molecule has 0 atom stereocenters. The number of aliphatic carboxylic acids is 1. The summed E-state index contributed by atoms with van der Waals surface area (Å²) in [6.07, 6.45) is 4.79. The number of carboxylic acids is 1. The number of nitrogens with one attached hydrogen (secondary N) is 1. The second-order valence-corrected chi connectivity index (χ2v) is 5.78. The molecule has 1 aliphatic carbocycles. The zero-order valence-electron chi connectivity index (χ0n) is 12.4. The molecule has 3 rings (SSSR count). The van der Waals surface area contributed by atoms with Gasteiger partial charge >= 0.3 is 5.97 Å². The first-order valence-corrected chi connectivity index (χ1v) is 7.47. The van der Waals surface area contributed by atoms with Crippen molar-refractivity contribution in [3.8, 4) is 5.69 Å². The molecule has 1 aliphatic rings. The molecule has 1 fully saturated rings. The topological polar surface area (TPSA) is 92.9 Å². The van der Waals surface area contributed by atoms with E-state index in [-0.39, 0.29) is 5.92 Å². The summed E-state index contributed by atoms with van der Waals surface area (Å²) in [6, 6.07) is 6.34. The van der Waals surface area contributed by atoms with E-state index < -0.39 is 5.97 Å². The lowest BCUT2D eigenvalue weighted by molar-refractivity contribution is -0.142. The van der Waals surface area contributed by atoms with Crippen LogP contribution in [0.25, 0.3) is 5.69 Å². The molecule has 1 aromatic carbocycles. The SMILES string of the molecule is Cc1ccc(-n2cnnn2)cc1NC1CCC(C(=O)O)CC1. The molecule has 116 valence electrons. The molecule has 2 N–H and O–H groups in total. The van der Waals surface area contributed by atoms with Crippen LogP contribution in [0.1, 0.15) is 31.2 Å². The fourth-order valence-corrected chi connectivity index (χ4v) is 2.89. The van der Waals surface area contributed by atoms with Crippen LogP contribution >= 0.6 is 0 Å². The lowest BCUT2D eigenvalue weighted by Gasteiger charge is -2.28. The van der Waals surface area contributed by atoms with Gasteiger partial charge in [0.05, 0.1) is 11.6 Å². The van der Waals surface area contributed by atoms with E-state index in [1.807, 2.05) is 18.2 Å². The van der Waals surface area contributed by atoms with Crippen molar-refractivity contribution in [2.75, 3.05) is 5.32 Å². The summed E-state index contributed by atoms with van der Waals surface area (Å²) < 4.78 is 1.62. The standard InChI is InChI=1S/C15H19N5O2/c1-10-2-7-13(20-9-16-18-19-20)8-14(10)17-12-5-3-11(4-6-12)15(21)22/h2,7-9,11-12,17H,3-6H2,1H3,(H,21,22). The largest absolute Gasteiger partial charge is 0.481 e. The van der Waals surface area contributed by atoms with Gasteiger partial charge in [0.1, 0.15) is 6.33 Å². The number of aryl methyl sites for hydroxylation is 1. The molecule has 0 amide bonds. The highest BCUT2D eigenvalue weighted by molar-refractivity contribution is 5.70. The van der Waals surface area contributed by atoms with Crippen LogP contribution in [0.3, 0.4) is 0 Å². The first-order valence-electron chi connectivity index (χ1n) is 7.47. The minimum atomic E-state index is -0.671. The van der Waals surface area contributed by atoms with Crippen molar-refractivity contribution in [3.63, 3.8) is 0 Å². The molecule has 0 spiro atoms. The number of aromatic nitrogens is 4. The number of tetrazole rings is 1. The van der Waals surface area contributed by atoms with Crippen LogP contribution in [-0.4, -0.2) is 37.3 Å². The lowest BCUT2D eigenvalue weighted by Crippen LogP contribution is -2.29. The molecule has 0 unspecified atom stereocenters. The third-order valence-corrected chi connectivity index (χ3v) is 4.27. The monoisotopic (exact) mass is 301 g/mol. The van der Waals surface area contributed by atoms with Gasteiger partial charge in [0, 0.05) is 11.7 Å². The maximum atomic E-state index is 11.0. The second-order valence-electron chi connectivity index (χ2n) is 5.78. The van der Waals surface area contributed by atoms with Gasteiger partial charge in [-0.05, 0) is 60.7 Å². The predicted octanol–water partition coefficient (Wildman–Crippen LogP) is 2.03. The first kappa shape index (κ1) is 14.5. The van der Waals surface area contributed by atoms with E-state index in [1.54, 1.807) is 11.0 Å². The van der Waals surface area contributed by atoms with E-state index in [0.717, 1.165) is 42.6 Å². The maximum absolute atomic E-state index is 11.0. The molecule has 1 saturated carbocycles. The molecule has 0 radical (unpaired) electrons. The summed E-state index contributed by atoms with van der Waals surface area (Å²) in [6.45, 7) is 2.05.